The molecule has 14 heteroatoms. The van der Waals surface area contributed by atoms with Crippen molar-refractivity contribution in [3.8, 4) is 0 Å². The number of aliphatic hydroxyl groups is 8. The van der Waals surface area contributed by atoms with Crippen molar-refractivity contribution in [2.45, 2.75) is 254 Å². The molecule has 14 nitrogen and oxygen atoms in total. The summed E-state index contributed by atoms with van der Waals surface area (Å²) in [5, 5.41) is 85.9. The van der Waals surface area contributed by atoms with Crippen molar-refractivity contribution in [3.05, 3.63) is 12.2 Å². The van der Waals surface area contributed by atoms with Gasteiger partial charge in [0.05, 0.1) is 32.0 Å². The van der Waals surface area contributed by atoms with E-state index in [2.05, 4.69) is 19.2 Å². The highest BCUT2D eigenvalue weighted by Gasteiger charge is 2.51. The molecular weight excluding hydrogens is 774 g/mol. The van der Waals surface area contributed by atoms with Crippen LogP contribution in [0.2, 0.25) is 0 Å². The Morgan fingerprint density at radius 3 is 1.52 bits per heavy atom. The molecule has 12 unspecified atom stereocenters. The molecule has 2 aliphatic rings. The zero-order valence-corrected chi connectivity index (χ0v) is 37.2. The SMILES string of the molecule is CCCC/C=C/C(O)C(COC1OC(CO)C(OC2OC(CO)C(O)C(O)C2O)C(O)C1O)NC(=O)CCCCCCCCCCCCCCCCCCCCCCCC. The van der Waals surface area contributed by atoms with Crippen LogP contribution in [0.25, 0.3) is 0 Å². The number of ether oxygens (including phenoxy) is 4. The van der Waals surface area contributed by atoms with E-state index in [4.69, 9.17) is 18.9 Å². The summed E-state index contributed by atoms with van der Waals surface area (Å²) in [6.07, 6.45) is 17.8. The van der Waals surface area contributed by atoms with Crippen molar-refractivity contribution in [2.75, 3.05) is 19.8 Å². The number of hydrogen-bond acceptors (Lipinski definition) is 13. The summed E-state index contributed by atoms with van der Waals surface area (Å²) in [6.45, 7) is 2.62. The minimum atomic E-state index is -1.78. The van der Waals surface area contributed by atoms with Gasteiger partial charge in [-0.2, -0.15) is 0 Å². The topological polar surface area (TPSA) is 228 Å². The van der Waals surface area contributed by atoms with Crippen LogP contribution < -0.4 is 5.32 Å². The van der Waals surface area contributed by atoms with Gasteiger partial charge < -0.3 is 65.1 Å². The van der Waals surface area contributed by atoms with Crippen LogP contribution in [0, 0.1) is 0 Å². The van der Waals surface area contributed by atoms with Crippen molar-refractivity contribution in [1.82, 2.24) is 5.32 Å². The molecule has 0 aromatic heterocycles. The number of nitrogens with one attached hydrogen (secondary N) is 1. The van der Waals surface area contributed by atoms with Crippen molar-refractivity contribution in [1.29, 1.82) is 0 Å². The first kappa shape index (κ1) is 54.9. The molecule has 1 amide bonds. The van der Waals surface area contributed by atoms with Gasteiger partial charge in [0.1, 0.15) is 48.8 Å². The molecule has 9 N–H and O–H groups in total. The number of allylic oxidation sites excluding steroid dienone is 1. The highest BCUT2D eigenvalue weighted by Crippen LogP contribution is 2.30. The van der Waals surface area contributed by atoms with E-state index in [-0.39, 0.29) is 18.9 Å². The minimum absolute atomic E-state index is 0.246. The van der Waals surface area contributed by atoms with Crippen molar-refractivity contribution in [3.63, 3.8) is 0 Å². The van der Waals surface area contributed by atoms with Crippen LogP contribution in [-0.2, 0) is 23.7 Å². The van der Waals surface area contributed by atoms with Gasteiger partial charge in [0.2, 0.25) is 5.91 Å². The lowest BCUT2D eigenvalue weighted by molar-refractivity contribution is -0.359. The van der Waals surface area contributed by atoms with E-state index in [9.17, 15) is 45.6 Å². The predicted octanol–water partition coefficient (Wildman–Crippen LogP) is 5.21. The lowest BCUT2D eigenvalue weighted by Gasteiger charge is -2.46. The van der Waals surface area contributed by atoms with E-state index in [1.807, 2.05) is 6.08 Å². The third-order valence-electron chi connectivity index (χ3n) is 12.0. The molecule has 60 heavy (non-hydrogen) atoms. The average Bonchev–Trinajstić information content (AvgIpc) is 3.24. The summed E-state index contributed by atoms with van der Waals surface area (Å²) in [7, 11) is 0. The van der Waals surface area contributed by atoms with Crippen LogP contribution in [0.4, 0.5) is 0 Å². The van der Waals surface area contributed by atoms with E-state index >= 15 is 0 Å². The maximum atomic E-state index is 13.0. The standard InChI is InChI=1S/C46H87NO13/c1-3-5-7-9-10-11-12-13-14-15-16-17-18-19-20-21-22-23-24-25-26-28-30-38(51)47-34(35(50)29-27-8-6-4-2)33-57-45-43(56)41(54)44(37(32-49)59-45)60-46-42(55)40(53)39(52)36(31-48)58-46/h27,29,34-37,39-46,48-50,52-56H,3-26,28,30-33H2,1-2H3,(H,47,51)/b29-27+. The molecule has 12 atom stereocenters. The molecule has 2 heterocycles. The number of rotatable bonds is 36. The van der Waals surface area contributed by atoms with E-state index in [0.717, 1.165) is 38.5 Å². The Bertz CT molecular complexity index is 1070. The first-order valence-electron chi connectivity index (χ1n) is 23.9. The molecule has 0 saturated carbocycles. The normalized spacial score (nSPS) is 28.3. The summed E-state index contributed by atoms with van der Waals surface area (Å²) in [5.74, 6) is -0.246. The van der Waals surface area contributed by atoms with Crippen molar-refractivity contribution in [2.24, 2.45) is 0 Å². The summed E-state index contributed by atoms with van der Waals surface area (Å²) in [5.41, 5.74) is 0. The predicted molar refractivity (Wildman–Crippen MR) is 231 cm³/mol. The van der Waals surface area contributed by atoms with Crippen LogP contribution in [0.1, 0.15) is 181 Å². The Morgan fingerprint density at radius 1 is 0.583 bits per heavy atom. The molecule has 0 aromatic rings. The minimum Gasteiger partial charge on any atom is -0.394 e. The zero-order chi connectivity index (χ0) is 44.0. The molecule has 0 radical (unpaired) electrons. The van der Waals surface area contributed by atoms with Gasteiger partial charge in [-0.05, 0) is 12.8 Å². The summed E-state index contributed by atoms with van der Waals surface area (Å²) < 4.78 is 22.5. The van der Waals surface area contributed by atoms with Gasteiger partial charge in [0, 0.05) is 6.42 Å². The third-order valence-corrected chi connectivity index (χ3v) is 12.0. The van der Waals surface area contributed by atoms with E-state index in [1.165, 1.54) is 116 Å². The first-order valence-corrected chi connectivity index (χ1v) is 23.9. The van der Waals surface area contributed by atoms with Crippen LogP contribution in [-0.4, -0.2) is 140 Å². The maximum absolute atomic E-state index is 13.0. The summed E-state index contributed by atoms with van der Waals surface area (Å²) in [4.78, 5) is 13.0. The Balaban J connectivity index is 1.67. The van der Waals surface area contributed by atoms with Crippen molar-refractivity contribution < 1.29 is 64.6 Å². The molecule has 0 aliphatic carbocycles. The Morgan fingerprint density at radius 2 is 1.03 bits per heavy atom. The van der Waals surface area contributed by atoms with Crippen LogP contribution in [0.5, 0.6) is 0 Å². The first-order chi connectivity index (χ1) is 29.1. The molecule has 2 saturated heterocycles. The maximum Gasteiger partial charge on any atom is 0.220 e. The molecule has 0 bridgehead atoms. The van der Waals surface area contributed by atoms with Gasteiger partial charge in [-0.3, -0.25) is 4.79 Å². The fourth-order valence-electron chi connectivity index (χ4n) is 7.98. The highest BCUT2D eigenvalue weighted by atomic mass is 16.7. The Labute approximate surface area is 361 Å². The molecule has 354 valence electrons. The van der Waals surface area contributed by atoms with Gasteiger partial charge in [0.25, 0.3) is 0 Å². The van der Waals surface area contributed by atoms with Gasteiger partial charge >= 0.3 is 0 Å². The van der Waals surface area contributed by atoms with Crippen molar-refractivity contribution >= 4 is 5.91 Å². The number of aliphatic hydroxyl groups excluding tert-OH is 8. The molecule has 2 rings (SSSR count). The monoisotopic (exact) mass is 862 g/mol. The summed E-state index contributed by atoms with van der Waals surface area (Å²) in [6, 6.07) is -0.904. The number of hydrogen-bond donors (Lipinski definition) is 9. The third kappa shape index (κ3) is 21.9. The van der Waals surface area contributed by atoms with Crippen LogP contribution in [0.15, 0.2) is 12.2 Å². The zero-order valence-electron chi connectivity index (χ0n) is 37.2. The molecule has 0 aromatic carbocycles. The summed E-state index contributed by atoms with van der Waals surface area (Å²) >= 11 is 0. The Kier molecular flexibility index (Phi) is 31.3. The van der Waals surface area contributed by atoms with E-state index < -0.39 is 86.8 Å². The second-order valence-corrected chi connectivity index (χ2v) is 17.2. The average molecular weight is 862 g/mol. The molecule has 0 spiro atoms. The molecular formula is C46H87NO13. The number of carbonyl (C=O) groups is 1. The van der Waals surface area contributed by atoms with Crippen LogP contribution in [0.3, 0.4) is 0 Å². The second kappa shape index (κ2) is 34.2. The lowest BCUT2D eigenvalue weighted by atomic mass is 9.97. The van der Waals surface area contributed by atoms with E-state index in [0.29, 0.717) is 6.42 Å². The largest absolute Gasteiger partial charge is 0.394 e. The van der Waals surface area contributed by atoms with Crippen LogP contribution >= 0.6 is 0 Å². The fourth-order valence-corrected chi connectivity index (χ4v) is 7.98. The van der Waals surface area contributed by atoms with E-state index in [1.54, 1.807) is 6.08 Å². The molecule has 2 fully saturated rings. The number of amides is 1. The van der Waals surface area contributed by atoms with Gasteiger partial charge in [-0.1, -0.05) is 174 Å². The van der Waals surface area contributed by atoms with Gasteiger partial charge in [-0.25, -0.2) is 0 Å². The quantitative estimate of drug-likeness (QED) is 0.0292. The molecule has 2 aliphatic heterocycles. The lowest BCUT2D eigenvalue weighted by Crippen LogP contribution is -2.65. The number of unbranched alkanes of at least 4 members (excludes halogenated alkanes) is 23. The van der Waals surface area contributed by atoms with Gasteiger partial charge in [0.15, 0.2) is 12.6 Å². The second-order valence-electron chi connectivity index (χ2n) is 17.2. The Hall–Kier alpha value is -1.27. The van der Waals surface area contributed by atoms with Gasteiger partial charge in [-0.15, -0.1) is 0 Å². The highest BCUT2D eigenvalue weighted by molar-refractivity contribution is 5.76. The number of carbonyl (C=O) groups excluding carboxylic acids is 1. The fraction of sp³-hybridized carbons (Fsp3) is 0.935. The smallest absolute Gasteiger partial charge is 0.220 e.